The number of nitrogens with zero attached hydrogens (tertiary/aromatic N) is 1. The van der Waals surface area contributed by atoms with Gasteiger partial charge in [-0.3, -0.25) is 4.79 Å². The lowest BCUT2D eigenvalue weighted by Crippen LogP contribution is -2.23. The van der Waals surface area contributed by atoms with Crippen LogP contribution in [0.15, 0.2) is 42.5 Å². The Labute approximate surface area is 130 Å². The van der Waals surface area contributed by atoms with Crippen LogP contribution in [-0.2, 0) is 9.53 Å². The molecule has 2 aromatic carbocycles. The van der Waals surface area contributed by atoms with E-state index < -0.39 is 7.65 Å². The van der Waals surface area contributed by atoms with Gasteiger partial charge >= 0.3 is 5.97 Å². The predicted molar refractivity (Wildman–Crippen MR) is 86.6 cm³/mol. The fourth-order valence-corrected chi connectivity index (χ4v) is 2.95. The highest BCUT2D eigenvalue weighted by Crippen LogP contribution is 2.47. The zero-order chi connectivity index (χ0) is 15.2. The molecule has 2 rings (SSSR count). The van der Waals surface area contributed by atoms with Crippen molar-refractivity contribution in [1.82, 2.24) is 4.67 Å². The highest BCUT2D eigenvalue weighted by molar-refractivity contribution is 7.78. The summed E-state index contributed by atoms with van der Waals surface area (Å²) in [6, 6.07) is 13.7. The number of ether oxygens (including phenoxy) is 1. The summed E-state index contributed by atoms with van der Waals surface area (Å²) in [7, 11) is 0.307. The minimum Gasteiger partial charge on any atom is -0.465 e. The molecule has 0 spiro atoms. The van der Waals surface area contributed by atoms with Gasteiger partial charge in [0.2, 0.25) is 0 Å². The van der Waals surface area contributed by atoms with Crippen LogP contribution in [0, 0.1) is 0 Å². The van der Waals surface area contributed by atoms with E-state index >= 15 is 0 Å². The number of rotatable bonds is 6. The normalized spacial score (nSPS) is 12.4. The number of hydrogen-bond acceptors (Lipinski definition) is 4. The molecular weight excluding hydrogens is 309 g/mol. The standard InChI is InChI=1S/C15H17ClNO3P/c1-3-19-15(18)11-17(2)21(16)20-14-10-6-8-12-7-4-5-9-13(12)14/h4-10H,3,11H2,1-2H3. The average molecular weight is 326 g/mol. The molecule has 0 saturated heterocycles. The molecule has 1 atom stereocenters. The molecule has 0 amide bonds. The molecule has 0 fully saturated rings. The van der Waals surface area contributed by atoms with Gasteiger partial charge in [-0.05, 0) is 36.7 Å². The summed E-state index contributed by atoms with van der Waals surface area (Å²) in [6.07, 6.45) is 0. The number of hydrogen-bond donors (Lipinski definition) is 0. The van der Waals surface area contributed by atoms with Gasteiger partial charge in [0, 0.05) is 5.39 Å². The lowest BCUT2D eigenvalue weighted by Gasteiger charge is -2.21. The molecule has 4 nitrogen and oxygen atoms in total. The number of carbonyl (C=O) groups excluding carboxylic acids is 1. The Morgan fingerprint density at radius 2 is 1.95 bits per heavy atom. The number of benzene rings is 2. The van der Waals surface area contributed by atoms with Crippen molar-refractivity contribution in [2.75, 3.05) is 20.2 Å². The topological polar surface area (TPSA) is 38.8 Å². The first-order chi connectivity index (χ1) is 10.1. The molecule has 0 aromatic heterocycles. The van der Waals surface area contributed by atoms with Gasteiger partial charge < -0.3 is 9.26 Å². The van der Waals surface area contributed by atoms with Crippen molar-refractivity contribution >= 4 is 35.6 Å². The van der Waals surface area contributed by atoms with E-state index in [4.69, 9.17) is 20.5 Å². The summed E-state index contributed by atoms with van der Waals surface area (Å²) >= 11 is 6.27. The van der Waals surface area contributed by atoms with E-state index in [9.17, 15) is 4.79 Å². The van der Waals surface area contributed by atoms with Crippen molar-refractivity contribution in [2.45, 2.75) is 6.92 Å². The third kappa shape index (κ3) is 4.31. The largest absolute Gasteiger partial charge is 0.465 e. The van der Waals surface area contributed by atoms with Crippen LogP contribution in [0.4, 0.5) is 0 Å². The van der Waals surface area contributed by atoms with Gasteiger partial charge in [-0.2, -0.15) is 0 Å². The van der Waals surface area contributed by atoms with E-state index in [-0.39, 0.29) is 12.5 Å². The number of halogens is 1. The Kier molecular flexibility index (Phi) is 5.80. The van der Waals surface area contributed by atoms with Gasteiger partial charge in [-0.1, -0.05) is 36.4 Å². The second kappa shape index (κ2) is 7.60. The first kappa shape index (κ1) is 16.0. The second-order valence-electron chi connectivity index (χ2n) is 4.42. The maximum atomic E-state index is 11.5. The lowest BCUT2D eigenvalue weighted by atomic mass is 10.1. The SMILES string of the molecule is CCOC(=O)CN(C)P(Cl)Oc1cccc2ccccc12. The van der Waals surface area contributed by atoms with Crippen LogP contribution in [0.2, 0.25) is 0 Å². The summed E-state index contributed by atoms with van der Waals surface area (Å²) in [5, 5.41) is 2.08. The van der Waals surface area contributed by atoms with E-state index in [0.717, 1.165) is 10.8 Å². The van der Waals surface area contributed by atoms with E-state index in [1.165, 1.54) is 0 Å². The fourth-order valence-electron chi connectivity index (χ4n) is 1.88. The van der Waals surface area contributed by atoms with Crippen LogP contribution in [0.3, 0.4) is 0 Å². The molecule has 0 aliphatic rings. The summed E-state index contributed by atoms with van der Waals surface area (Å²) < 4.78 is 12.4. The fraction of sp³-hybridized carbons (Fsp3) is 0.267. The zero-order valence-electron chi connectivity index (χ0n) is 12.0. The molecule has 0 saturated carbocycles. The second-order valence-corrected chi connectivity index (χ2v) is 6.60. The van der Waals surface area contributed by atoms with Crippen molar-refractivity contribution in [2.24, 2.45) is 0 Å². The van der Waals surface area contributed by atoms with Crippen molar-refractivity contribution < 1.29 is 14.1 Å². The summed E-state index contributed by atoms with van der Waals surface area (Å²) in [4.78, 5) is 11.5. The molecular formula is C15H17ClNO3P. The van der Waals surface area contributed by atoms with Crippen LogP contribution < -0.4 is 4.52 Å². The third-order valence-electron chi connectivity index (χ3n) is 2.85. The van der Waals surface area contributed by atoms with Gasteiger partial charge in [0.15, 0.2) is 0 Å². The van der Waals surface area contributed by atoms with Gasteiger partial charge in [0.1, 0.15) is 12.3 Å². The van der Waals surface area contributed by atoms with Crippen molar-refractivity contribution in [3.05, 3.63) is 42.5 Å². The molecule has 2 aromatic rings. The summed E-state index contributed by atoms with van der Waals surface area (Å²) in [5.74, 6) is 0.402. The average Bonchev–Trinajstić information content (AvgIpc) is 2.47. The Balaban J connectivity index is 2.07. The van der Waals surface area contributed by atoms with E-state index in [1.807, 2.05) is 42.5 Å². The molecule has 0 N–H and O–H groups in total. The molecule has 112 valence electrons. The Morgan fingerprint density at radius 1 is 1.24 bits per heavy atom. The highest BCUT2D eigenvalue weighted by Gasteiger charge is 2.19. The maximum Gasteiger partial charge on any atom is 0.320 e. The van der Waals surface area contributed by atoms with Gasteiger partial charge in [0.25, 0.3) is 7.65 Å². The summed E-state index contributed by atoms with van der Waals surface area (Å²) in [5.41, 5.74) is 0. The Morgan fingerprint density at radius 3 is 2.71 bits per heavy atom. The third-order valence-corrected chi connectivity index (χ3v) is 4.86. The Bertz CT molecular complexity index is 617. The number of likely N-dealkylation sites (N-methyl/N-ethyl adjacent to an activating group) is 1. The molecule has 6 heteroatoms. The number of esters is 1. The lowest BCUT2D eigenvalue weighted by molar-refractivity contribution is -0.143. The number of carbonyl (C=O) groups is 1. The van der Waals surface area contributed by atoms with E-state index in [0.29, 0.717) is 12.4 Å². The molecule has 0 aliphatic heterocycles. The molecule has 21 heavy (non-hydrogen) atoms. The molecule has 0 aliphatic carbocycles. The molecule has 0 bridgehead atoms. The van der Waals surface area contributed by atoms with Gasteiger partial charge in [-0.25, -0.2) is 4.67 Å². The highest BCUT2D eigenvalue weighted by atomic mass is 35.7. The summed E-state index contributed by atoms with van der Waals surface area (Å²) in [6.45, 7) is 2.24. The molecule has 0 radical (unpaired) electrons. The molecule has 1 unspecified atom stereocenters. The van der Waals surface area contributed by atoms with Gasteiger partial charge in [-0.15, -0.1) is 0 Å². The van der Waals surface area contributed by atoms with Crippen molar-refractivity contribution in [1.29, 1.82) is 0 Å². The quantitative estimate of drug-likeness (QED) is 0.590. The maximum absolute atomic E-state index is 11.5. The smallest absolute Gasteiger partial charge is 0.320 e. The minimum absolute atomic E-state index is 0.105. The van der Waals surface area contributed by atoms with Crippen molar-refractivity contribution in [3.8, 4) is 5.75 Å². The minimum atomic E-state index is -1.43. The van der Waals surface area contributed by atoms with Crippen molar-refractivity contribution in [3.63, 3.8) is 0 Å². The van der Waals surface area contributed by atoms with Crippen LogP contribution in [-0.4, -0.2) is 30.8 Å². The zero-order valence-corrected chi connectivity index (χ0v) is 13.6. The Hall–Kier alpha value is -1.35. The van der Waals surface area contributed by atoms with Crippen LogP contribution in [0.25, 0.3) is 10.8 Å². The van der Waals surface area contributed by atoms with Crippen LogP contribution in [0.5, 0.6) is 5.75 Å². The first-order valence-corrected chi connectivity index (χ1v) is 8.72. The van der Waals surface area contributed by atoms with E-state index in [2.05, 4.69) is 0 Å². The monoisotopic (exact) mass is 325 g/mol. The van der Waals surface area contributed by atoms with E-state index in [1.54, 1.807) is 18.6 Å². The van der Waals surface area contributed by atoms with Crippen LogP contribution in [0.1, 0.15) is 6.92 Å². The predicted octanol–water partition coefficient (Wildman–Crippen LogP) is 4.18. The number of fused-ring (bicyclic) bond motifs is 1. The van der Waals surface area contributed by atoms with Gasteiger partial charge in [0.05, 0.1) is 6.61 Å². The van der Waals surface area contributed by atoms with Crippen LogP contribution >= 0.6 is 18.9 Å². The first-order valence-electron chi connectivity index (χ1n) is 6.60. The molecule has 0 heterocycles.